The van der Waals surface area contributed by atoms with Gasteiger partial charge in [-0.3, -0.25) is 4.57 Å². The first-order valence-corrected chi connectivity index (χ1v) is 8.30. The third-order valence-electron chi connectivity index (χ3n) is 4.49. The molecule has 4 nitrogen and oxygen atoms in total. The summed E-state index contributed by atoms with van der Waals surface area (Å²) >= 11 is 0. The van der Waals surface area contributed by atoms with Crippen LogP contribution in [0.5, 0.6) is 0 Å². The second-order valence-corrected chi connectivity index (χ2v) is 6.38. The molecule has 0 fully saturated rings. The molecular weight excluding hydrogens is 308 g/mol. The highest BCUT2D eigenvalue weighted by molar-refractivity contribution is 5.97. The number of anilines is 1. The Morgan fingerprint density at radius 1 is 1.04 bits per heavy atom. The van der Waals surface area contributed by atoms with E-state index < -0.39 is 0 Å². The zero-order valence-electron chi connectivity index (χ0n) is 14.6. The van der Waals surface area contributed by atoms with Crippen molar-refractivity contribution in [2.75, 3.05) is 19.0 Å². The largest absolute Gasteiger partial charge is 0.377 e. The molecule has 2 heterocycles. The smallest absolute Gasteiger partial charge is 0.147 e. The Morgan fingerprint density at radius 2 is 1.84 bits per heavy atom. The molecule has 0 N–H and O–H groups in total. The van der Waals surface area contributed by atoms with Gasteiger partial charge >= 0.3 is 0 Å². The molecule has 2 aromatic heterocycles. The van der Waals surface area contributed by atoms with E-state index in [2.05, 4.69) is 53.2 Å². The van der Waals surface area contributed by atoms with Gasteiger partial charge in [-0.25, -0.2) is 9.98 Å². The predicted octanol–water partition coefficient (Wildman–Crippen LogP) is 4.77. The normalized spacial score (nSPS) is 11.6. The number of nitrogens with zero attached hydrogens (tertiary/aromatic N) is 4. The maximum atomic E-state index is 4.75. The molecule has 4 rings (SSSR count). The van der Waals surface area contributed by atoms with Crippen molar-refractivity contribution in [3.05, 3.63) is 66.5 Å². The van der Waals surface area contributed by atoms with E-state index in [-0.39, 0.29) is 0 Å². The third-order valence-corrected chi connectivity index (χ3v) is 4.49. The van der Waals surface area contributed by atoms with Crippen molar-refractivity contribution in [1.29, 1.82) is 0 Å². The van der Waals surface area contributed by atoms with Crippen LogP contribution in [0.25, 0.3) is 21.8 Å². The summed E-state index contributed by atoms with van der Waals surface area (Å²) in [4.78, 5) is 11.4. The third kappa shape index (κ3) is 2.66. The van der Waals surface area contributed by atoms with Crippen LogP contribution in [0, 0.1) is 6.92 Å². The molecule has 4 heteroatoms. The van der Waals surface area contributed by atoms with Crippen LogP contribution in [-0.4, -0.2) is 30.0 Å². The fourth-order valence-corrected chi connectivity index (χ4v) is 3.26. The van der Waals surface area contributed by atoms with Gasteiger partial charge in [-0.15, -0.1) is 0 Å². The maximum absolute atomic E-state index is 4.75. The monoisotopic (exact) mass is 328 g/mol. The van der Waals surface area contributed by atoms with Crippen molar-refractivity contribution in [2.45, 2.75) is 6.92 Å². The second kappa shape index (κ2) is 6.06. The van der Waals surface area contributed by atoms with Gasteiger partial charge in [0.15, 0.2) is 0 Å². The van der Waals surface area contributed by atoms with Gasteiger partial charge in [0.05, 0.1) is 5.69 Å². The molecule has 0 saturated heterocycles. The van der Waals surface area contributed by atoms with Gasteiger partial charge in [0.2, 0.25) is 0 Å². The van der Waals surface area contributed by atoms with E-state index in [1.54, 1.807) is 0 Å². The SMILES string of the molecule is Cc1cccc2cccc(N=Cn3ccc4c(N(C)C)ccnc43)c12. The van der Waals surface area contributed by atoms with Gasteiger partial charge in [0.1, 0.15) is 12.0 Å². The molecule has 0 radical (unpaired) electrons. The summed E-state index contributed by atoms with van der Waals surface area (Å²) in [5.74, 6) is 0. The number of pyridine rings is 1. The van der Waals surface area contributed by atoms with E-state index in [1.165, 1.54) is 16.3 Å². The maximum Gasteiger partial charge on any atom is 0.147 e. The predicted molar refractivity (Wildman–Crippen MR) is 106 cm³/mol. The van der Waals surface area contributed by atoms with Crippen LogP contribution in [0.2, 0.25) is 0 Å². The van der Waals surface area contributed by atoms with Gasteiger partial charge < -0.3 is 4.90 Å². The van der Waals surface area contributed by atoms with Crippen LogP contribution in [-0.2, 0) is 0 Å². The van der Waals surface area contributed by atoms with E-state index in [1.807, 2.05) is 49.5 Å². The minimum atomic E-state index is 0.909. The highest BCUT2D eigenvalue weighted by atomic mass is 15.1. The van der Waals surface area contributed by atoms with Crippen LogP contribution in [0.15, 0.2) is 65.9 Å². The molecule has 0 saturated carbocycles. The molecule has 25 heavy (non-hydrogen) atoms. The Morgan fingerprint density at radius 3 is 2.64 bits per heavy atom. The summed E-state index contributed by atoms with van der Waals surface area (Å²) in [6.45, 7) is 2.12. The molecule has 0 atom stereocenters. The lowest BCUT2D eigenvalue weighted by molar-refractivity contribution is 1.13. The molecule has 0 unspecified atom stereocenters. The van der Waals surface area contributed by atoms with Crippen LogP contribution in [0.1, 0.15) is 5.56 Å². The molecule has 0 aliphatic heterocycles. The Kier molecular flexibility index (Phi) is 3.73. The fourth-order valence-electron chi connectivity index (χ4n) is 3.26. The van der Waals surface area contributed by atoms with E-state index in [0.29, 0.717) is 0 Å². The van der Waals surface area contributed by atoms with E-state index >= 15 is 0 Å². The first-order chi connectivity index (χ1) is 12.1. The Balaban J connectivity index is 1.81. The van der Waals surface area contributed by atoms with Crippen molar-refractivity contribution in [2.24, 2.45) is 4.99 Å². The second-order valence-electron chi connectivity index (χ2n) is 6.38. The van der Waals surface area contributed by atoms with E-state index in [4.69, 9.17) is 4.99 Å². The zero-order valence-corrected chi connectivity index (χ0v) is 14.6. The number of aromatic nitrogens is 2. The molecular formula is C21H20N4. The minimum absolute atomic E-state index is 0.909. The number of hydrogen-bond donors (Lipinski definition) is 0. The Bertz CT molecular complexity index is 1080. The molecule has 0 aliphatic carbocycles. The number of aryl methyl sites for hydroxylation is 1. The zero-order chi connectivity index (χ0) is 17.4. The molecule has 2 aromatic carbocycles. The fraction of sp³-hybridized carbons (Fsp3) is 0.143. The van der Waals surface area contributed by atoms with Gasteiger partial charge in [-0.2, -0.15) is 0 Å². The first kappa shape index (κ1) is 15.4. The van der Waals surface area contributed by atoms with Gasteiger partial charge in [0, 0.05) is 42.9 Å². The minimum Gasteiger partial charge on any atom is -0.377 e. The lowest BCUT2D eigenvalue weighted by atomic mass is 10.0. The van der Waals surface area contributed by atoms with Gasteiger partial charge in [-0.05, 0) is 36.1 Å². The van der Waals surface area contributed by atoms with Crippen molar-refractivity contribution < 1.29 is 0 Å². The molecule has 0 aliphatic rings. The van der Waals surface area contributed by atoms with Crippen molar-refractivity contribution >= 4 is 39.5 Å². The molecule has 0 bridgehead atoms. The highest BCUT2D eigenvalue weighted by Crippen LogP contribution is 2.29. The summed E-state index contributed by atoms with van der Waals surface area (Å²) in [6.07, 6.45) is 5.69. The summed E-state index contributed by atoms with van der Waals surface area (Å²) in [6, 6.07) is 16.7. The van der Waals surface area contributed by atoms with Crippen molar-refractivity contribution in [1.82, 2.24) is 9.55 Å². The van der Waals surface area contributed by atoms with Crippen LogP contribution >= 0.6 is 0 Å². The average molecular weight is 328 g/mol. The summed E-state index contributed by atoms with van der Waals surface area (Å²) < 4.78 is 1.97. The van der Waals surface area contributed by atoms with Crippen LogP contribution in [0.4, 0.5) is 11.4 Å². The number of fused-ring (bicyclic) bond motifs is 2. The lowest BCUT2D eigenvalue weighted by Gasteiger charge is -2.13. The van der Waals surface area contributed by atoms with Gasteiger partial charge in [0.25, 0.3) is 0 Å². The average Bonchev–Trinajstić information content (AvgIpc) is 3.03. The van der Waals surface area contributed by atoms with E-state index in [0.717, 1.165) is 22.4 Å². The van der Waals surface area contributed by atoms with Crippen molar-refractivity contribution in [3.8, 4) is 0 Å². The number of hydrogen-bond acceptors (Lipinski definition) is 3. The van der Waals surface area contributed by atoms with Crippen LogP contribution < -0.4 is 4.90 Å². The van der Waals surface area contributed by atoms with Crippen molar-refractivity contribution in [3.63, 3.8) is 0 Å². The summed E-state index contributed by atoms with van der Waals surface area (Å²) in [5, 5.41) is 3.52. The quantitative estimate of drug-likeness (QED) is 0.401. The number of aliphatic imine (C=N–C) groups is 1. The topological polar surface area (TPSA) is 33.4 Å². The molecule has 0 spiro atoms. The number of rotatable bonds is 3. The summed E-state index contributed by atoms with van der Waals surface area (Å²) in [5.41, 5.74) is 4.27. The van der Waals surface area contributed by atoms with Gasteiger partial charge in [-0.1, -0.05) is 30.3 Å². The summed E-state index contributed by atoms with van der Waals surface area (Å²) in [7, 11) is 4.08. The van der Waals surface area contributed by atoms with Crippen LogP contribution in [0.3, 0.4) is 0 Å². The lowest BCUT2D eigenvalue weighted by Crippen LogP contribution is -2.09. The van der Waals surface area contributed by atoms with E-state index in [9.17, 15) is 0 Å². The molecule has 124 valence electrons. The number of benzene rings is 2. The first-order valence-electron chi connectivity index (χ1n) is 8.30. The highest BCUT2D eigenvalue weighted by Gasteiger charge is 2.07. The Labute approximate surface area is 147 Å². The standard InChI is InChI=1S/C21H20N4/c1-15-6-4-7-16-8-5-9-18(20(15)16)23-14-25-13-11-17-19(24(2)3)10-12-22-21(17)25/h4-14H,1-3H3. The molecule has 4 aromatic rings. The Hall–Kier alpha value is -3.14. The molecule has 0 amide bonds.